The molecule has 43 heavy (non-hydrogen) atoms. The van der Waals surface area contributed by atoms with E-state index < -0.39 is 0 Å². The minimum Gasteiger partial charge on any atom is -0.324 e. The Bertz CT molecular complexity index is 2610. The van der Waals surface area contributed by atoms with E-state index in [9.17, 15) is 0 Å². The highest BCUT2D eigenvalue weighted by Crippen LogP contribution is 2.49. The molecule has 0 saturated carbocycles. The van der Waals surface area contributed by atoms with Gasteiger partial charge in [-0.05, 0) is 24.3 Å². The molecule has 4 aromatic heterocycles. The van der Waals surface area contributed by atoms with Crippen molar-refractivity contribution < 1.29 is 0 Å². The lowest BCUT2D eigenvalue weighted by Crippen LogP contribution is -2.26. The summed E-state index contributed by atoms with van der Waals surface area (Å²) in [6.07, 6.45) is 3.78. The maximum absolute atomic E-state index is 5.51. The van der Waals surface area contributed by atoms with Gasteiger partial charge in [0.1, 0.15) is 6.04 Å². The number of benzene rings is 5. The van der Waals surface area contributed by atoms with Gasteiger partial charge >= 0.3 is 0 Å². The second kappa shape index (κ2) is 8.74. The van der Waals surface area contributed by atoms with Crippen molar-refractivity contribution in [3.63, 3.8) is 0 Å². The van der Waals surface area contributed by atoms with E-state index in [4.69, 9.17) is 4.99 Å². The van der Waals surface area contributed by atoms with E-state index in [1.807, 2.05) is 41.1 Å². The number of para-hydroxylation sites is 1. The van der Waals surface area contributed by atoms with Crippen LogP contribution >= 0.6 is 22.7 Å². The Hall–Kier alpha value is -5.04. The second-order valence-corrected chi connectivity index (χ2v) is 13.2. The molecular formula is C37H22N4S2. The summed E-state index contributed by atoms with van der Waals surface area (Å²) in [5.41, 5.74) is 4.56. The van der Waals surface area contributed by atoms with Gasteiger partial charge in [0.2, 0.25) is 5.96 Å². The zero-order valence-corrected chi connectivity index (χ0v) is 24.4. The molecule has 4 nitrogen and oxygen atoms in total. The number of thiophene rings is 2. The average molecular weight is 587 g/mol. The molecule has 0 aliphatic carbocycles. The van der Waals surface area contributed by atoms with E-state index in [0.29, 0.717) is 0 Å². The molecule has 5 heterocycles. The van der Waals surface area contributed by atoms with Crippen molar-refractivity contribution in [3.05, 3.63) is 132 Å². The quantitative estimate of drug-likeness (QED) is 0.208. The van der Waals surface area contributed by atoms with E-state index in [0.717, 1.165) is 22.7 Å². The number of pyridine rings is 1. The molecule has 0 spiro atoms. The minimum atomic E-state index is -0.162. The maximum Gasteiger partial charge on any atom is 0.208 e. The molecule has 0 amide bonds. The number of aliphatic imine (C=N–C) groups is 1. The van der Waals surface area contributed by atoms with Crippen LogP contribution in [0, 0.1) is 0 Å². The summed E-state index contributed by atoms with van der Waals surface area (Å²) >= 11 is 3.70. The third-order valence-corrected chi connectivity index (χ3v) is 11.1. The summed E-state index contributed by atoms with van der Waals surface area (Å²) in [6.45, 7) is 0. The van der Waals surface area contributed by atoms with Crippen LogP contribution in [-0.2, 0) is 0 Å². The summed E-state index contributed by atoms with van der Waals surface area (Å²) < 4.78 is 6.28. The van der Waals surface area contributed by atoms with Crippen LogP contribution in [0.5, 0.6) is 0 Å². The van der Waals surface area contributed by atoms with Gasteiger partial charge in [-0.1, -0.05) is 84.9 Å². The van der Waals surface area contributed by atoms with Crippen LogP contribution < -0.4 is 5.32 Å². The lowest BCUT2D eigenvalue weighted by atomic mass is 10.00. The Morgan fingerprint density at radius 1 is 0.628 bits per heavy atom. The van der Waals surface area contributed by atoms with Crippen molar-refractivity contribution in [2.75, 3.05) is 5.32 Å². The number of fused-ring (bicyclic) bond motifs is 13. The van der Waals surface area contributed by atoms with Crippen LogP contribution in [0.25, 0.3) is 62.8 Å². The van der Waals surface area contributed by atoms with Gasteiger partial charge in [0.05, 0.1) is 21.6 Å². The highest BCUT2D eigenvalue weighted by molar-refractivity contribution is 7.27. The molecule has 10 rings (SSSR count). The van der Waals surface area contributed by atoms with E-state index >= 15 is 0 Å². The first-order valence-corrected chi connectivity index (χ1v) is 16.0. The smallest absolute Gasteiger partial charge is 0.208 e. The van der Waals surface area contributed by atoms with Crippen molar-refractivity contribution in [1.82, 2.24) is 9.55 Å². The first-order chi connectivity index (χ1) is 21.3. The summed E-state index contributed by atoms with van der Waals surface area (Å²) in [5, 5.41) is 12.7. The molecule has 0 radical (unpaired) electrons. The molecule has 1 atom stereocenters. The van der Waals surface area contributed by atoms with Crippen molar-refractivity contribution in [3.8, 4) is 0 Å². The van der Waals surface area contributed by atoms with Gasteiger partial charge < -0.3 is 5.32 Å². The summed E-state index contributed by atoms with van der Waals surface area (Å²) in [7, 11) is 0. The zero-order valence-electron chi connectivity index (χ0n) is 22.8. The number of nitrogens with zero attached hydrogens (tertiary/aromatic N) is 3. The van der Waals surface area contributed by atoms with Crippen LogP contribution in [0.3, 0.4) is 0 Å². The molecule has 1 aliphatic rings. The number of hydrogen-bond donors (Lipinski definition) is 1. The van der Waals surface area contributed by atoms with Crippen molar-refractivity contribution in [2.45, 2.75) is 6.04 Å². The number of aromatic nitrogens is 2. The van der Waals surface area contributed by atoms with Crippen LogP contribution in [0.15, 0.2) is 127 Å². The monoisotopic (exact) mass is 586 g/mol. The van der Waals surface area contributed by atoms with Gasteiger partial charge in [-0.2, -0.15) is 0 Å². The predicted octanol–water partition coefficient (Wildman–Crippen LogP) is 10.3. The van der Waals surface area contributed by atoms with Crippen LogP contribution in [-0.4, -0.2) is 15.5 Å². The Kier molecular flexibility index (Phi) is 4.78. The van der Waals surface area contributed by atoms with E-state index in [1.54, 1.807) is 0 Å². The maximum atomic E-state index is 5.51. The van der Waals surface area contributed by atoms with Crippen molar-refractivity contribution in [1.29, 1.82) is 0 Å². The summed E-state index contributed by atoms with van der Waals surface area (Å²) in [5.74, 6) is 0.833. The number of nitrogens with one attached hydrogen (secondary N) is 1. The molecule has 0 saturated heterocycles. The highest BCUT2D eigenvalue weighted by atomic mass is 32.1. The Balaban J connectivity index is 1.38. The zero-order chi connectivity index (χ0) is 28.1. The van der Waals surface area contributed by atoms with E-state index in [1.165, 1.54) is 62.2 Å². The molecule has 1 aliphatic heterocycles. The average Bonchev–Trinajstić information content (AvgIpc) is 3.75. The second-order valence-electron chi connectivity index (χ2n) is 11.0. The van der Waals surface area contributed by atoms with Crippen LogP contribution in [0.1, 0.15) is 16.5 Å². The van der Waals surface area contributed by atoms with Gasteiger partial charge in [-0.25, -0.2) is 4.99 Å². The standard InChI is InChI=1S/C37H22N4S2/c1-2-12-23-22(11-1)34-30(31-25-14-4-7-17-28(25)42-35(23)31)24-13-3-6-16-27(24)41(34)37-39-32(21-10-9-19-38-20-21)36-33(40-37)26-15-5-8-18-29(26)43-36/h1-20,32H,(H,39,40). The van der Waals surface area contributed by atoms with E-state index in [2.05, 4.69) is 118 Å². The lowest BCUT2D eigenvalue weighted by Gasteiger charge is -2.24. The third kappa shape index (κ3) is 3.19. The number of rotatable bonds is 1. The molecule has 202 valence electrons. The number of hydrogen-bond acceptors (Lipinski definition) is 5. The summed E-state index contributed by atoms with van der Waals surface area (Å²) in [4.78, 5) is 11.2. The Morgan fingerprint density at radius 2 is 1.33 bits per heavy atom. The first-order valence-electron chi connectivity index (χ1n) is 14.4. The SMILES string of the molecule is c1cncc(C2N=C(n3c4ccccc4c4c5c6ccccc6sc5c5ccccc5c43)Nc3c2sc2ccccc32)c1. The minimum absolute atomic E-state index is 0.162. The van der Waals surface area contributed by atoms with Crippen LogP contribution in [0.4, 0.5) is 5.69 Å². The van der Waals surface area contributed by atoms with Gasteiger partial charge in [0, 0.05) is 69.8 Å². The molecule has 0 bridgehead atoms. The Labute approximate surface area is 254 Å². The van der Waals surface area contributed by atoms with Gasteiger partial charge in [-0.15, -0.1) is 22.7 Å². The number of anilines is 1. The molecule has 0 fully saturated rings. The fourth-order valence-corrected chi connectivity index (χ4v) is 9.40. The van der Waals surface area contributed by atoms with Crippen molar-refractivity contribution >= 4 is 97.2 Å². The van der Waals surface area contributed by atoms with Gasteiger partial charge in [-0.3, -0.25) is 9.55 Å². The molecule has 1 N–H and O–H groups in total. The molecular weight excluding hydrogens is 565 g/mol. The normalized spacial score (nSPS) is 15.1. The van der Waals surface area contributed by atoms with Gasteiger partial charge in [0.15, 0.2) is 0 Å². The van der Waals surface area contributed by atoms with Crippen molar-refractivity contribution in [2.24, 2.45) is 4.99 Å². The largest absolute Gasteiger partial charge is 0.324 e. The Morgan fingerprint density at radius 3 is 2.14 bits per heavy atom. The summed E-state index contributed by atoms with van der Waals surface area (Å²) in [6, 6.07) is 39.1. The first kappa shape index (κ1) is 23.5. The topological polar surface area (TPSA) is 42.2 Å². The molecule has 5 aromatic carbocycles. The highest BCUT2D eigenvalue weighted by Gasteiger charge is 2.30. The van der Waals surface area contributed by atoms with E-state index in [-0.39, 0.29) is 6.04 Å². The van der Waals surface area contributed by atoms with Crippen LogP contribution in [0.2, 0.25) is 0 Å². The lowest BCUT2D eigenvalue weighted by molar-refractivity contribution is 0.865. The fourth-order valence-electron chi connectivity index (χ4n) is 6.93. The molecule has 6 heteroatoms. The predicted molar refractivity (Wildman–Crippen MR) is 184 cm³/mol. The fraction of sp³-hybridized carbons (Fsp3) is 0.0270. The molecule has 9 aromatic rings. The molecule has 1 unspecified atom stereocenters. The van der Waals surface area contributed by atoms with Gasteiger partial charge in [0.25, 0.3) is 0 Å². The third-order valence-electron chi connectivity index (χ3n) is 8.72.